The summed E-state index contributed by atoms with van der Waals surface area (Å²) < 4.78 is 5.72. The highest BCUT2D eigenvalue weighted by Gasteiger charge is 2.26. The third kappa shape index (κ3) is 2.61. The van der Waals surface area contributed by atoms with Gasteiger partial charge in [0.05, 0.1) is 13.1 Å². The summed E-state index contributed by atoms with van der Waals surface area (Å²) in [5.41, 5.74) is 7.08. The fraction of sp³-hybridized carbons (Fsp3) is 0.429. The van der Waals surface area contributed by atoms with Crippen LogP contribution in [0.2, 0.25) is 0 Å². The second-order valence-corrected chi connectivity index (χ2v) is 5.18. The predicted molar refractivity (Wildman–Crippen MR) is 70.3 cm³/mol. The van der Waals surface area contributed by atoms with Crippen molar-refractivity contribution in [3.8, 4) is 0 Å². The molecule has 2 heterocycles. The molecule has 1 amide bonds. The summed E-state index contributed by atoms with van der Waals surface area (Å²) in [5, 5.41) is 0. The SMILES string of the molecule is NC(=O)C1CC[NH+](Cc2nc3ccccc3o2)CC1. The highest BCUT2D eigenvalue weighted by molar-refractivity contribution is 5.76. The van der Waals surface area contributed by atoms with E-state index < -0.39 is 0 Å². The average molecular weight is 260 g/mol. The van der Waals surface area contributed by atoms with Crippen molar-refractivity contribution in [1.29, 1.82) is 0 Å². The summed E-state index contributed by atoms with van der Waals surface area (Å²) in [6.07, 6.45) is 1.73. The molecular formula is C14H18N3O2+. The maximum Gasteiger partial charge on any atom is 0.251 e. The van der Waals surface area contributed by atoms with Gasteiger partial charge in [-0.25, -0.2) is 4.98 Å². The van der Waals surface area contributed by atoms with Gasteiger partial charge in [-0.3, -0.25) is 4.79 Å². The van der Waals surface area contributed by atoms with Crippen LogP contribution < -0.4 is 10.6 Å². The first-order chi connectivity index (χ1) is 9.22. The van der Waals surface area contributed by atoms with E-state index in [1.807, 2.05) is 24.3 Å². The highest BCUT2D eigenvalue weighted by atomic mass is 16.3. The molecule has 1 saturated heterocycles. The molecule has 1 aromatic carbocycles. The van der Waals surface area contributed by atoms with Gasteiger partial charge in [0.1, 0.15) is 5.52 Å². The zero-order valence-electron chi connectivity index (χ0n) is 10.8. The van der Waals surface area contributed by atoms with Crippen LogP contribution in [-0.2, 0) is 11.3 Å². The molecule has 19 heavy (non-hydrogen) atoms. The Morgan fingerprint density at radius 3 is 2.79 bits per heavy atom. The molecule has 0 saturated carbocycles. The third-order valence-electron chi connectivity index (χ3n) is 3.83. The van der Waals surface area contributed by atoms with E-state index in [0.717, 1.165) is 49.5 Å². The molecular weight excluding hydrogens is 242 g/mol. The van der Waals surface area contributed by atoms with Gasteiger partial charge < -0.3 is 15.1 Å². The van der Waals surface area contributed by atoms with Crippen molar-refractivity contribution in [2.24, 2.45) is 11.7 Å². The molecule has 1 aliphatic rings. The first-order valence-electron chi connectivity index (χ1n) is 6.69. The number of aromatic nitrogens is 1. The Kier molecular flexibility index (Phi) is 3.21. The number of oxazole rings is 1. The number of quaternary nitrogens is 1. The van der Waals surface area contributed by atoms with Crippen molar-refractivity contribution in [1.82, 2.24) is 4.98 Å². The Morgan fingerprint density at radius 1 is 1.37 bits per heavy atom. The van der Waals surface area contributed by atoms with Gasteiger partial charge in [0.15, 0.2) is 12.1 Å². The molecule has 0 radical (unpaired) electrons. The van der Waals surface area contributed by atoms with Crippen molar-refractivity contribution in [2.75, 3.05) is 13.1 Å². The van der Waals surface area contributed by atoms with E-state index in [1.54, 1.807) is 0 Å². The van der Waals surface area contributed by atoms with Crippen molar-refractivity contribution >= 4 is 17.0 Å². The number of likely N-dealkylation sites (tertiary alicyclic amines) is 1. The maximum atomic E-state index is 11.1. The molecule has 0 bridgehead atoms. The number of carbonyl (C=O) groups is 1. The summed E-state index contributed by atoms with van der Waals surface area (Å²) in [7, 11) is 0. The van der Waals surface area contributed by atoms with Crippen molar-refractivity contribution in [3.63, 3.8) is 0 Å². The molecule has 5 heteroatoms. The van der Waals surface area contributed by atoms with Crippen LogP contribution in [0.15, 0.2) is 28.7 Å². The van der Waals surface area contributed by atoms with E-state index >= 15 is 0 Å². The smallest absolute Gasteiger partial charge is 0.251 e. The number of primary amides is 1. The lowest BCUT2D eigenvalue weighted by atomic mass is 9.96. The fourth-order valence-electron chi connectivity index (χ4n) is 2.70. The predicted octanol–water partition coefficient (Wildman–Crippen LogP) is 0.108. The minimum atomic E-state index is -0.166. The number of para-hydroxylation sites is 2. The van der Waals surface area contributed by atoms with Gasteiger partial charge in [-0.15, -0.1) is 0 Å². The Balaban J connectivity index is 1.64. The summed E-state index contributed by atoms with van der Waals surface area (Å²) in [6.45, 7) is 2.68. The zero-order chi connectivity index (χ0) is 13.2. The highest BCUT2D eigenvalue weighted by Crippen LogP contribution is 2.14. The van der Waals surface area contributed by atoms with Crippen LogP contribution in [0.25, 0.3) is 11.1 Å². The number of benzene rings is 1. The number of nitrogens with two attached hydrogens (primary N) is 1. The normalized spacial score (nSPS) is 23.6. The number of piperidine rings is 1. The minimum absolute atomic E-state index is 0.0485. The number of nitrogens with zero attached hydrogens (tertiary/aromatic N) is 1. The maximum absolute atomic E-state index is 11.1. The molecule has 1 fully saturated rings. The van der Waals surface area contributed by atoms with E-state index in [1.165, 1.54) is 4.90 Å². The van der Waals surface area contributed by atoms with Crippen LogP contribution >= 0.6 is 0 Å². The zero-order valence-corrected chi connectivity index (χ0v) is 10.8. The topological polar surface area (TPSA) is 73.6 Å². The van der Waals surface area contributed by atoms with Crippen LogP contribution in [0.3, 0.4) is 0 Å². The van der Waals surface area contributed by atoms with Gasteiger partial charge in [0.2, 0.25) is 5.91 Å². The largest absolute Gasteiger partial charge is 0.435 e. The van der Waals surface area contributed by atoms with E-state index in [2.05, 4.69) is 4.98 Å². The molecule has 0 atom stereocenters. The van der Waals surface area contributed by atoms with Gasteiger partial charge >= 0.3 is 0 Å². The van der Waals surface area contributed by atoms with Gasteiger partial charge in [0.25, 0.3) is 5.89 Å². The van der Waals surface area contributed by atoms with E-state index in [-0.39, 0.29) is 11.8 Å². The van der Waals surface area contributed by atoms with Crippen molar-refractivity contribution in [3.05, 3.63) is 30.2 Å². The van der Waals surface area contributed by atoms with E-state index in [4.69, 9.17) is 10.2 Å². The third-order valence-corrected chi connectivity index (χ3v) is 3.83. The molecule has 100 valence electrons. The van der Waals surface area contributed by atoms with E-state index in [9.17, 15) is 4.79 Å². The molecule has 1 aromatic heterocycles. The van der Waals surface area contributed by atoms with Crippen molar-refractivity contribution in [2.45, 2.75) is 19.4 Å². The number of nitrogens with one attached hydrogen (secondary N) is 1. The number of hydrogen-bond acceptors (Lipinski definition) is 3. The van der Waals surface area contributed by atoms with E-state index in [0.29, 0.717) is 0 Å². The Hall–Kier alpha value is -1.88. The Morgan fingerprint density at radius 2 is 2.11 bits per heavy atom. The standard InChI is InChI=1S/C14H17N3O2/c15-14(18)10-5-7-17(8-6-10)9-13-16-11-3-1-2-4-12(11)19-13/h1-4,10H,5-9H2,(H2,15,18)/p+1. The fourth-order valence-corrected chi connectivity index (χ4v) is 2.70. The number of hydrogen-bond donors (Lipinski definition) is 2. The quantitative estimate of drug-likeness (QED) is 0.822. The number of fused-ring (bicyclic) bond motifs is 1. The molecule has 5 nitrogen and oxygen atoms in total. The Labute approximate surface area is 111 Å². The average Bonchev–Trinajstić information content (AvgIpc) is 2.81. The van der Waals surface area contributed by atoms with Crippen LogP contribution in [0.4, 0.5) is 0 Å². The van der Waals surface area contributed by atoms with Gasteiger partial charge in [-0.2, -0.15) is 0 Å². The lowest BCUT2D eigenvalue weighted by Gasteiger charge is -2.26. The van der Waals surface area contributed by atoms with Crippen LogP contribution in [0, 0.1) is 5.92 Å². The molecule has 0 spiro atoms. The first-order valence-corrected chi connectivity index (χ1v) is 6.69. The lowest BCUT2D eigenvalue weighted by molar-refractivity contribution is -0.920. The number of amides is 1. The molecule has 1 aliphatic heterocycles. The van der Waals surface area contributed by atoms with Crippen LogP contribution in [-0.4, -0.2) is 24.0 Å². The first kappa shape index (κ1) is 12.2. The number of carbonyl (C=O) groups excluding carboxylic acids is 1. The molecule has 3 rings (SSSR count). The summed E-state index contributed by atoms with van der Waals surface area (Å²) >= 11 is 0. The Bertz CT molecular complexity index is 552. The monoisotopic (exact) mass is 260 g/mol. The van der Waals surface area contributed by atoms with Crippen molar-refractivity contribution < 1.29 is 14.1 Å². The second-order valence-electron chi connectivity index (χ2n) is 5.18. The van der Waals surface area contributed by atoms with Crippen LogP contribution in [0.1, 0.15) is 18.7 Å². The summed E-state index contributed by atoms with van der Waals surface area (Å²) in [6, 6.07) is 7.79. The van der Waals surface area contributed by atoms with Gasteiger partial charge in [0, 0.05) is 18.8 Å². The molecule has 2 aromatic rings. The van der Waals surface area contributed by atoms with Gasteiger partial charge in [-0.1, -0.05) is 12.1 Å². The molecule has 0 aliphatic carbocycles. The minimum Gasteiger partial charge on any atom is -0.435 e. The van der Waals surface area contributed by atoms with Crippen LogP contribution in [0.5, 0.6) is 0 Å². The molecule has 3 N–H and O–H groups in total. The van der Waals surface area contributed by atoms with Gasteiger partial charge in [-0.05, 0) is 12.1 Å². The molecule has 0 unspecified atom stereocenters. The summed E-state index contributed by atoms with van der Waals surface area (Å²) in [5.74, 6) is 0.655. The lowest BCUT2D eigenvalue weighted by Crippen LogP contribution is -3.11. The second kappa shape index (κ2) is 5.01. The number of rotatable bonds is 3. The summed E-state index contributed by atoms with van der Waals surface area (Å²) in [4.78, 5) is 17.0.